The van der Waals surface area contributed by atoms with Gasteiger partial charge in [-0.2, -0.15) is 26.3 Å². The quantitative estimate of drug-likeness (QED) is 0.442. The van der Waals surface area contributed by atoms with Crippen molar-refractivity contribution in [2.45, 2.75) is 39.0 Å². The first kappa shape index (κ1) is 28.7. The van der Waals surface area contributed by atoms with Crippen LogP contribution in [0.4, 0.5) is 46.5 Å². The van der Waals surface area contributed by atoms with Crippen LogP contribution in [-0.2, 0) is 12.4 Å². The van der Waals surface area contributed by atoms with Crippen molar-refractivity contribution in [2.24, 2.45) is 0 Å². The molecule has 0 bridgehead atoms. The van der Waals surface area contributed by atoms with E-state index in [0.717, 1.165) is 25.0 Å². The van der Waals surface area contributed by atoms with Gasteiger partial charge in [-0.15, -0.1) is 0 Å². The summed E-state index contributed by atoms with van der Waals surface area (Å²) in [7, 11) is 3.66. The highest BCUT2D eigenvalue weighted by atomic mass is 19.4. The molecule has 0 aliphatic carbocycles. The van der Waals surface area contributed by atoms with Gasteiger partial charge in [-0.3, -0.25) is 0 Å². The molecule has 1 fully saturated rings. The molecule has 0 saturated carbocycles. The van der Waals surface area contributed by atoms with E-state index in [1.54, 1.807) is 11.8 Å². The van der Waals surface area contributed by atoms with Crippen molar-refractivity contribution >= 4 is 11.4 Å². The topological polar surface area (TPSA) is 18.5 Å². The minimum atomic E-state index is -4.67. The Bertz CT molecular complexity index is 994. The summed E-state index contributed by atoms with van der Waals surface area (Å²) in [6, 6.07) is 4.53. The molecule has 1 aliphatic heterocycles. The van der Waals surface area contributed by atoms with Crippen LogP contribution >= 0.6 is 0 Å². The zero-order chi connectivity index (χ0) is 26.6. The lowest BCUT2D eigenvalue weighted by Crippen LogP contribution is -2.21. The summed E-state index contributed by atoms with van der Waals surface area (Å²) in [4.78, 5) is 3.53. The summed E-state index contributed by atoms with van der Waals surface area (Å²) in [5.74, 6) is -2.39. The fourth-order valence-electron chi connectivity index (χ4n) is 3.66. The monoisotopic (exact) mass is 511 g/mol. The van der Waals surface area contributed by atoms with Crippen molar-refractivity contribution in [1.82, 2.24) is 4.90 Å². The van der Waals surface area contributed by atoms with Crippen LogP contribution in [-0.4, -0.2) is 45.2 Å². The van der Waals surface area contributed by atoms with Crippen molar-refractivity contribution in [2.75, 3.05) is 50.5 Å². The third kappa shape index (κ3) is 7.98. The maximum absolute atomic E-state index is 13.8. The van der Waals surface area contributed by atoms with Crippen molar-refractivity contribution in [1.29, 1.82) is 0 Å². The Balaban J connectivity index is 0.000000247. The molecule has 11 heteroatoms. The maximum atomic E-state index is 13.8. The van der Waals surface area contributed by atoms with Crippen molar-refractivity contribution < 1.29 is 35.1 Å². The SMILES string of the molecule is Cc1cc(N2CCCC2)c(F)c(C(F)(F)F)c1.Cc1cc(NCCN(C)C)c(F)c(C(F)(F)F)c1. The van der Waals surface area contributed by atoms with Gasteiger partial charge >= 0.3 is 12.4 Å². The van der Waals surface area contributed by atoms with Crippen molar-refractivity contribution in [3.05, 3.63) is 58.2 Å². The standard InChI is InChI=1S/C12H16F4N2.C12H13F4N/c1-8-6-9(12(14,15)16)11(13)10(7-8)17-4-5-18(2)3;1-8-6-9(12(14,15)16)11(13)10(7-8)17-4-2-3-5-17/h6-7,17H,4-5H2,1-3H3;6-7H,2-5H2,1H3. The van der Waals surface area contributed by atoms with E-state index in [1.807, 2.05) is 19.0 Å². The number of hydrogen-bond donors (Lipinski definition) is 1. The Hall–Kier alpha value is -2.56. The van der Waals surface area contributed by atoms with E-state index >= 15 is 0 Å². The second-order valence-corrected chi connectivity index (χ2v) is 8.74. The van der Waals surface area contributed by atoms with Crippen LogP contribution < -0.4 is 10.2 Å². The number of anilines is 2. The van der Waals surface area contributed by atoms with Gasteiger partial charge in [0, 0.05) is 26.2 Å². The predicted octanol–water partition coefficient (Wildman–Crippen LogP) is 6.88. The summed E-state index contributed by atoms with van der Waals surface area (Å²) in [6.45, 7) is 5.29. The number of rotatable bonds is 5. The van der Waals surface area contributed by atoms with E-state index in [4.69, 9.17) is 0 Å². The summed E-state index contributed by atoms with van der Waals surface area (Å²) in [5.41, 5.74) is -1.62. The lowest BCUT2D eigenvalue weighted by Gasteiger charge is -2.21. The highest BCUT2D eigenvalue weighted by Gasteiger charge is 2.37. The van der Waals surface area contributed by atoms with Gasteiger partial charge in [0.25, 0.3) is 0 Å². The lowest BCUT2D eigenvalue weighted by molar-refractivity contribution is -0.140. The third-order valence-corrected chi connectivity index (χ3v) is 5.35. The fourth-order valence-corrected chi connectivity index (χ4v) is 3.66. The van der Waals surface area contributed by atoms with Gasteiger partial charge in [0.2, 0.25) is 0 Å². The van der Waals surface area contributed by atoms with Crippen LogP contribution in [0.15, 0.2) is 24.3 Å². The third-order valence-electron chi connectivity index (χ3n) is 5.35. The molecule has 1 heterocycles. The first-order valence-electron chi connectivity index (χ1n) is 11.0. The molecule has 0 aromatic heterocycles. The van der Waals surface area contributed by atoms with E-state index < -0.39 is 35.1 Å². The number of hydrogen-bond acceptors (Lipinski definition) is 3. The van der Waals surface area contributed by atoms with Crippen LogP contribution in [0, 0.1) is 25.5 Å². The number of halogens is 8. The second kappa shape index (κ2) is 11.5. The molecule has 0 amide bonds. The van der Waals surface area contributed by atoms with E-state index in [9.17, 15) is 35.1 Å². The van der Waals surface area contributed by atoms with Gasteiger partial charge in [-0.25, -0.2) is 8.78 Å². The van der Waals surface area contributed by atoms with Gasteiger partial charge < -0.3 is 15.1 Å². The molecule has 1 N–H and O–H groups in total. The zero-order valence-corrected chi connectivity index (χ0v) is 20.0. The average molecular weight is 512 g/mol. The molecule has 0 atom stereocenters. The number of alkyl halides is 6. The van der Waals surface area contributed by atoms with Gasteiger partial charge in [0.15, 0.2) is 11.6 Å². The molecule has 2 aromatic rings. The predicted molar refractivity (Wildman–Crippen MR) is 121 cm³/mol. The van der Waals surface area contributed by atoms with E-state index in [1.165, 1.54) is 19.1 Å². The fraction of sp³-hybridized carbons (Fsp3) is 0.500. The van der Waals surface area contributed by atoms with E-state index in [0.29, 0.717) is 37.3 Å². The lowest BCUT2D eigenvalue weighted by atomic mass is 10.1. The first-order chi connectivity index (χ1) is 16.1. The van der Waals surface area contributed by atoms with E-state index in [-0.39, 0.29) is 11.4 Å². The molecule has 0 radical (unpaired) electrons. The number of nitrogens with one attached hydrogen (secondary N) is 1. The zero-order valence-electron chi connectivity index (χ0n) is 20.0. The molecule has 1 saturated heterocycles. The van der Waals surface area contributed by atoms with E-state index in [2.05, 4.69) is 5.32 Å². The second-order valence-electron chi connectivity index (χ2n) is 8.74. The average Bonchev–Trinajstić information content (AvgIpc) is 3.25. The Labute approximate surface area is 199 Å². The highest BCUT2D eigenvalue weighted by molar-refractivity contribution is 5.54. The van der Waals surface area contributed by atoms with Crippen molar-refractivity contribution in [3.8, 4) is 0 Å². The normalized spacial score (nSPS) is 14.3. The van der Waals surface area contributed by atoms with Crippen LogP contribution in [0.1, 0.15) is 35.1 Å². The molecule has 0 unspecified atom stereocenters. The molecule has 0 spiro atoms. The number of aryl methyl sites for hydroxylation is 2. The van der Waals surface area contributed by atoms with Crippen molar-refractivity contribution in [3.63, 3.8) is 0 Å². The number of benzene rings is 2. The summed E-state index contributed by atoms with van der Waals surface area (Å²) >= 11 is 0. The number of likely N-dealkylation sites (N-methyl/N-ethyl adjacent to an activating group) is 1. The molecule has 1 aliphatic rings. The van der Waals surface area contributed by atoms with Gasteiger partial charge in [-0.05, 0) is 76.2 Å². The van der Waals surface area contributed by atoms with Crippen LogP contribution in [0.2, 0.25) is 0 Å². The first-order valence-corrected chi connectivity index (χ1v) is 11.0. The molecular formula is C24H29F8N3. The van der Waals surface area contributed by atoms with Crippen LogP contribution in [0.25, 0.3) is 0 Å². The molecule has 35 heavy (non-hydrogen) atoms. The Kier molecular flexibility index (Phi) is 9.38. The smallest absolute Gasteiger partial charge is 0.381 e. The van der Waals surface area contributed by atoms with Gasteiger partial charge in [0.1, 0.15) is 0 Å². The highest BCUT2D eigenvalue weighted by Crippen LogP contribution is 2.37. The Morgan fingerprint density at radius 1 is 0.800 bits per heavy atom. The summed E-state index contributed by atoms with van der Waals surface area (Å²) in [6.07, 6.45) is -7.51. The molecular weight excluding hydrogens is 482 g/mol. The van der Waals surface area contributed by atoms with Crippen LogP contribution in [0.3, 0.4) is 0 Å². The minimum Gasteiger partial charge on any atom is -0.381 e. The molecule has 3 nitrogen and oxygen atoms in total. The molecule has 2 aromatic carbocycles. The Morgan fingerprint density at radius 3 is 1.77 bits per heavy atom. The maximum Gasteiger partial charge on any atom is 0.419 e. The number of nitrogens with zero attached hydrogens (tertiary/aromatic N) is 2. The van der Waals surface area contributed by atoms with Gasteiger partial charge in [0.05, 0.1) is 22.5 Å². The van der Waals surface area contributed by atoms with Crippen LogP contribution in [0.5, 0.6) is 0 Å². The largest absolute Gasteiger partial charge is 0.419 e. The minimum absolute atomic E-state index is 0.0785. The summed E-state index contributed by atoms with van der Waals surface area (Å²) in [5, 5.41) is 2.68. The van der Waals surface area contributed by atoms with Gasteiger partial charge in [-0.1, -0.05) is 0 Å². The Morgan fingerprint density at radius 2 is 1.29 bits per heavy atom. The molecule has 196 valence electrons. The summed E-state index contributed by atoms with van der Waals surface area (Å²) < 4.78 is 103. The molecule has 3 rings (SSSR count).